The maximum absolute atomic E-state index is 12.8. The topological polar surface area (TPSA) is 78.9 Å². The molecular formula is C54H104O6. The number of esters is 3. The molecule has 0 heterocycles. The number of unbranched alkanes of at least 4 members (excludes halogenated alkanes) is 32. The zero-order valence-corrected chi connectivity index (χ0v) is 41.1. The molecule has 0 aromatic carbocycles. The van der Waals surface area contributed by atoms with Gasteiger partial charge in [0, 0.05) is 19.3 Å². The van der Waals surface area contributed by atoms with Crippen molar-refractivity contribution in [3.8, 4) is 0 Å². The Balaban J connectivity index is 4.31. The van der Waals surface area contributed by atoms with E-state index >= 15 is 0 Å². The summed E-state index contributed by atoms with van der Waals surface area (Å²) < 4.78 is 16.8. The van der Waals surface area contributed by atoms with Crippen molar-refractivity contribution in [3.05, 3.63) is 0 Å². The minimum atomic E-state index is -0.762. The van der Waals surface area contributed by atoms with Crippen molar-refractivity contribution in [2.45, 2.75) is 304 Å². The van der Waals surface area contributed by atoms with Gasteiger partial charge in [0.05, 0.1) is 0 Å². The fraction of sp³-hybridized carbons (Fsp3) is 0.944. The van der Waals surface area contributed by atoms with Gasteiger partial charge in [-0.1, -0.05) is 259 Å². The van der Waals surface area contributed by atoms with Crippen LogP contribution in [0.2, 0.25) is 0 Å². The third kappa shape index (κ3) is 45.9. The summed E-state index contributed by atoms with van der Waals surface area (Å²) in [5.74, 6) is 0.819. The van der Waals surface area contributed by atoms with E-state index in [9.17, 15) is 14.4 Å². The van der Waals surface area contributed by atoms with Crippen LogP contribution in [0.4, 0.5) is 0 Å². The van der Waals surface area contributed by atoms with Gasteiger partial charge in [0.2, 0.25) is 0 Å². The lowest BCUT2D eigenvalue weighted by molar-refractivity contribution is -0.167. The summed E-state index contributed by atoms with van der Waals surface area (Å²) in [5, 5.41) is 0. The van der Waals surface area contributed by atoms with Crippen LogP contribution in [0.1, 0.15) is 298 Å². The Morgan fingerprint density at radius 1 is 0.350 bits per heavy atom. The van der Waals surface area contributed by atoms with Crippen LogP contribution in [0, 0.1) is 11.8 Å². The highest BCUT2D eigenvalue weighted by atomic mass is 16.6. The standard InChI is InChI=1S/C54H104O6/c1-6-8-9-10-11-12-13-14-15-16-17-18-19-24-31-36-41-46-54(57)60-51(48-59-53(56)45-40-35-30-26-25-28-33-38-43-50(5)7-2)47-58-52(55)44-39-34-29-23-21-20-22-27-32-37-42-49(3)4/h49-51H,6-48H2,1-5H3/t50?,51-/m1/s1. The van der Waals surface area contributed by atoms with Gasteiger partial charge in [-0.15, -0.1) is 0 Å². The Labute approximate surface area is 374 Å². The Morgan fingerprint density at radius 3 is 0.950 bits per heavy atom. The summed E-state index contributed by atoms with van der Waals surface area (Å²) in [6.45, 7) is 11.4. The summed E-state index contributed by atoms with van der Waals surface area (Å²) in [5.41, 5.74) is 0. The molecule has 2 atom stereocenters. The maximum Gasteiger partial charge on any atom is 0.306 e. The van der Waals surface area contributed by atoms with E-state index in [0.717, 1.165) is 69.6 Å². The Morgan fingerprint density at radius 2 is 0.633 bits per heavy atom. The van der Waals surface area contributed by atoms with E-state index in [1.807, 2.05) is 0 Å². The second-order valence-electron chi connectivity index (χ2n) is 19.2. The fourth-order valence-corrected chi connectivity index (χ4v) is 8.13. The zero-order valence-electron chi connectivity index (χ0n) is 41.1. The first-order chi connectivity index (χ1) is 29.3. The van der Waals surface area contributed by atoms with E-state index in [4.69, 9.17) is 14.2 Å². The van der Waals surface area contributed by atoms with Crippen LogP contribution in [-0.4, -0.2) is 37.2 Å². The molecule has 0 N–H and O–H groups in total. The monoisotopic (exact) mass is 849 g/mol. The summed E-state index contributed by atoms with van der Waals surface area (Å²) in [7, 11) is 0. The highest BCUT2D eigenvalue weighted by Crippen LogP contribution is 2.18. The average Bonchev–Trinajstić information content (AvgIpc) is 3.23. The molecule has 60 heavy (non-hydrogen) atoms. The minimum Gasteiger partial charge on any atom is -0.462 e. The third-order valence-corrected chi connectivity index (χ3v) is 12.6. The summed E-state index contributed by atoms with van der Waals surface area (Å²) in [4.78, 5) is 38.0. The van der Waals surface area contributed by atoms with Gasteiger partial charge in [0.15, 0.2) is 6.10 Å². The largest absolute Gasteiger partial charge is 0.462 e. The van der Waals surface area contributed by atoms with Crippen LogP contribution in [0.5, 0.6) is 0 Å². The van der Waals surface area contributed by atoms with E-state index in [1.54, 1.807) is 0 Å². The lowest BCUT2D eigenvalue weighted by Crippen LogP contribution is -2.30. The fourth-order valence-electron chi connectivity index (χ4n) is 8.13. The van der Waals surface area contributed by atoms with Gasteiger partial charge in [-0.05, 0) is 31.1 Å². The molecule has 0 amide bonds. The highest BCUT2D eigenvalue weighted by molar-refractivity contribution is 5.71. The molecule has 0 bridgehead atoms. The van der Waals surface area contributed by atoms with Gasteiger partial charge in [-0.2, -0.15) is 0 Å². The number of rotatable bonds is 48. The summed E-state index contributed by atoms with van der Waals surface area (Å²) in [6.07, 6.45) is 48.0. The quantitative estimate of drug-likeness (QED) is 0.0345. The predicted octanol–water partition coefficient (Wildman–Crippen LogP) is 17.3. The van der Waals surface area contributed by atoms with E-state index in [0.29, 0.717) is 19.3 Å². The number of ether oxygens (including phenoxy) is 3. The molecule has 0 spiro atoms. The van der Waals surface area contributed by atoms with Gasteiger partial charge in [-0.25, -0.2) is 0 Å². The van der Waals surface area contributed by atoms with Crippen molar-refractivity contribution in [1.82, 2.24) is 0 Å². The van der Waals surface area contributed by atoms with E-state index in [-0.39, 0.29) is 31.1 Å². The molecule has 0 aliphatic rings. The predicted molar refractivity (Wildman–Crippen MR) is 256 cm³/mol. The lowest BCUT2D eigenvalue weighted by atomic mass is 9.99. The molecule has 0 saturated carbocycles. The molecule has 0 radical (unpaired) electrons. The Hall–Kier alpha value is -1.59. The van der Waals surface area contributed by atoms with Crippen LogP contribution in [0.15, 0.2) is 0 Å². The second kappa shape index (κ2) is 46.9. The molecule has 0 fully saturated rings. The summed E-state index contributed by atoms with van der Waals surface area (Å²) >= 11 is 0. The van der Waals surface area contributed by atoms with Crippen LogP contribution in [-0.2, 0) is 28.6 Å². The molecule has 0 rings (SSSR count). The van der Waals surface area contributed by atoms with Crippen LogP contribution in [0.25, 0.3) is 0 Å². The van der Waals surface area contributed by atoms with E-state index in [2.05, 4.69) is 34.6 Å². The molecule has 0 aliphatic heterocycles. The molecule has 6 heteroatoms. The average molecular weight is 849 g/mol. The van der Waals surface area contributed by atoms with Gasteiger partial charge in [-0.3, -0.25) is 14.4 Å². The van der Waals surface area contributed by atoms with Crippen molar-refractivity contribution in [2.24, 2.45) is 11.8 Å². The smallest absolute Gasteiger partial charge is 0.306 e. The number of carbonyl (C=O) groups excluding carboxylic acids is 3. The van der Waals surface area contributed by atoms with Crippen LogP contribution >= 0.6 is 0 Å². The lowest BCUT2D eigenvalue weighted by Gasteiger charge is -2.18. The van der Waals surface area contributed by atoms with Crippen molar-refractivity contribution in [3.63, 3.8) is 0 Å². The number of carbonyl (C=O) groups is 3. The van der Waals surface area contributed by atoms with Crippen LogP contribution < -0.4 is 0 Å². The minimum absolute atomic E-state index is 0.0641. The van der Waals surface area contributed by atoms with E-state index in [1.165, 1.54) is 186 Å². The molecule has 0 aliphatic carbocycles. The molecular weight excluding hydrogens is 745 g/mol. The third-order valence-electron chi connectivity index (χ3n) is 12.6. The van der Waals surface area contributed by atoms with E-state index < -0.39 is 6.10 Å². The molecule has 0 aromatic heterocycles. The van der Waals surface area contributed by atoms with Gasteiger partial charge in [0.25, 0.3) is 0 Å². The van der Waals surface area contributed by atoms with Crippen molar-refractivity contribution >= 4 is 17.9 Å². The van der Waals surface area contributed by atoms with Gasteiger partial charge < -0.3 is 14.2 Å². The van der Waals surface area contributed by atoms with Crippen molar-refractivity contribution < 1.29 is 28.6 Å². The highest BCUT2D eigenvalue weighted by Gasteiger charge is 2.19. The van der Waals surface area contributed by atoms with Crippen molar-refractivity contribution in [2.75, 3.05) is 13.2 Å². The molecule has 0 aromatic rings. The Bertz CT molecular complexity index is 918. The summed E-state index contributed by atoms with van der Waals surface area (Å²) in [6, 6.07) is 0. The Kier molecular flexibility index (Phi) is 45.7. The first kappa shape index (κ1) is 58.4. The second-order valence-corrected chi connectivity index (χ2v) is 19.2. The zero-order chi connectivity index (χ0) is 44.0. The number of hydrogen-bond acceptors (Lipinski definition) is 6. The first-order valence-corrected chi connectivity index (χ1v) is 26.8. The van der Waals surface area contributed by atoms with Gasteiger partial charge >= 0.3 is 17.9 Å². The van der Waals surface area contributed by atoms with Crippen molar-refractivity contribution in [1.29, 1.82) is 0 Å². The molecule has 6 nitrogen and oxygen atoms in total. The first-order valence-electron chi connectivity index (χ1n) is 26.8. The maximum atomic E-state index is 12.8. The molecule has 1 unspecified atom stereocenters. The normalized spacial score (nSPS) is 12.5. The molecule has 356 valence electrons. The molecule has 0 saturated heterocycles. The van der Waals surface area contributed by atoms with Crippen LogP contribution in [0.3, 0.4) is 0 Å². The SMILES string of the molecule is CCCCCCCCCCCCCCCCCCCC(=O)O[C@H](COC(=O)CCCCCCCCCCCCC(C)C)COC(=O)CCCCCCCCCCC(C)CC. The van der Waals surface area contributed by atoms with Gasteiger partial charge in [0.1, 0.15) is 13.2 Å². The number of hydrogen-bond donors (Lipinski definition) is 0.